The molecular weight excluding hydrogens is 324 g/mol. The molecule has 5 nitrogen and oxygen atoms in total. The Balaban J connectivity index is 0.940. The molecule has 6 fully saturated rings. The van der Waals surface area contributed by atoms with Crippen molar-refractivity contribution in [3.05, 3.63) is 0 Å². The Morgan fingerprint density at radius 2 is 1.52 bits per heavy atom. The average Bonchev–Trinajstić information content (AvgIpc) is 2.55. The molecule has 0 spiro atoms. The molecule has 0 aromatic rings. The molecule has 6 aliphatic rings. The van der Waals surface area contributed by atoms with Crippen LogP contribution in [0.25, 0.3) is 0 Å². The fourth-order valence-electron chi connectivity index (χ4n) is 7.43. The molecule has 0 unspecified atom stereocenters. The molecule has 7 heteroatoms. The van der Waals surface area contributed by atoms with Gasteiger partial charge in [-0.05, 0) is 66.6 Å². The summed E-state index contributed by atoms with van der Waals surface area (Å²) in [5.41, 5.74) is 0.527. The first-order chi connectivity index (χ1) is 11.9. The van der Waals surface area contributed by atoms with Gasteiger partial charge in [0.2, 0.25) is 5.92 Å². The lowest BCUT2D eigenvalue weighted by Gasteiger charge is -3.08. The minimum absolute atomic E-state index is 0.0781. The number of hydrogen-bond donors (Lipinski definition) is 5. The predicted molar refractivity (Wildman–Crippen MR) is 90.5 cm³/mol. The Labute approximate surface area is 146 Å². The van der Waals surface area contributed by atoms with Crippen LogP contribution in [0.1, 0.15) is 32.6 Å². The quantitative estimate of drug-likeness (QED) is 0.264. The van der Waals surface area contributed by atoms with Gasteiger partial charge in [0.1, 0.15) is 0 Å². The molecule has 6 saturated carbocycles. The second-order valence-corrected chi connectivity index (χ2v) is 9.04. The van der Waals surface area contributed by atoms with E-state index in [2.05, 4.69) is 16.0 Å². The molecule has 6 aliphatic carbocycles. The lowest BCUT2D eigenvalue weighted by atomic mass is 8.96. The van der Waals surface area contributed by atoms with Crippen LogP contribution in [0, 0.1) is 57.7 Å². The van der Waals surface area contributed by atoms with E-state index in [1.807, 2.05) is 0 Å². The highest BCUT2D eigenvalue weighted by molar-refractivity contribution is 5.95. The maximum atomic E-state index is 12.7. The van der Waals surface area contributed by atoms with Crippen LogP contribution >= 0.6 is 0 Å². The maximum absolute atomic E-state index is 12.7. The predicted octanol–water partition coefficient (Wildman–Crippen LogP) is 2.21. The molecule has 0 aliphatic heterocycles. The third-order valence-electron chi connectivity index (χ3n) is 8.10. The van der Waals surface area contributed by atoms with Gasteiger partial charge < -0.3 is 10.6 Å². The minimum Gasteiger partial charge on any atom is -0.356 e. The molecule has 0 bridgehead atoms. The van der Waals surface area contributed by atoms with Gasteiger partial charge >= 0.3 is 0 Å². The molecular formula is C18H27F2N5. The highest BCUT2D eigenvalue weighted by Gasteiger charge is 3.03. The number of rotatable bonds is 8. The Hall–Kier alpha value is -1.40. The highest BCUT2D eigenvalue weighted by atomic mass is 19.3. The molecule has 0 heterocycles. The van der Waals surface area contributed by atoms with Gasteiger partial charge in [-0.25, -0.2) is 8.78 Å². The molecule has 0 atom stereocenters. The van der Waals surface area contributed by atoms with Gasteiger partial charge in [0.05, 0.1) is 0 Å². The van der Waals surface area contributed by atoms with Gasteiger partial charge in [0, 0.05) is 19.5 Å². The van der Waals surface area contributed by atoms with Crippen molar-refractivity contribution < 1.29 is 8.78 Å². The van der Waals surface area contributed by atoms with E-state index >= 15 is 0 Å². The molecule has 5 N–H and O–H groups in total. The molecule has 0 amide bonds. The fourth-order valence-corrected chi connectivity index (χ4v) is 7.43. The number of hydrogen-bond acceptors (Lipinski definition) is 2. The van der Waals surface area contributed by atoms with Crippen LogP contribution in [0.5, 0.6) is 0 Å². The summed E-state index contributed by atoms with van der Waals surface area (Å²) in [6, 6.07) is 0. The van der Waals surface area contributed by atoms with Crippen LogP contribution in [0.4, 0.5) is 8.78 Å². The second-order valence-electron chi connectivity index (χ2n) is 9.04. The Bertz CT molecular complexity index is 577. The van der Waals surface area contributed by atoms with Crippen LogP contribution in [0.2, 0.25) is 0 Å². The fraction of sp³-hybridized carbons (Fsp3) is 0.889. The zero-order chi connectivity index (χ0) is 17.6. The Morgan fingerprint density at radius 3 is 2.12 bits per heavy atom. The van der Waals surface area contributed by atoms with E-state index in [-0.39, 0.29) is 18.3 Å². The largest absolute Gasteiger partial charge is 0.356 e. The first-order valence-electron chi connectivity index (χ1n) is 9.66. The molecule has 0 radical (unpaired) electrons. The van der Waals surface area contributed by atoms with Gasteiger partial charge in [0.15, 0.2) is 11.9 Å². The van der Waals surface area contributed by atoms with Crippen LogP contribution in [0.3, 0.4) is 0 Å². The van der Waals surface area contributed by atoms with Crippen molar-refractivity contribution in [2.75, 3.05) is 13.1 Å². The summed E-state index contributed by atoms with van der Waals surface area (Å²) < 4.78 is 25.4. The minimum atomic E-state index is -2.58. The van der Waals surface area contributed by atoms with Gasteiger partial charge in [-0.3, -0.25) is 16.1 Å². The zero-order valence-corrected chi connectivity index (χ0v) is 14.5. The van der Waals surface area contributed by atoms with Crippen molar-refractivity contribution in [1.82, 2.24) is 16.0 Å². The van der Waals surface area contributed by atoms with E-state index in [9.17, 15) is 8.78 Å². The lowest BCUT2D eigenvalue weighted by Crippen LogP contribution is -3.06. The van der Waals surface area contributed by atoms with Crippen molar-refractivity contribution in [2.24, 2.45) is 46.8 Å². The van der Waals surface area contributed by atoms with Gasteiger partial charge in [0.25, 0.3) is 0 Å². The SMILES string of the molecule is CC(F)(F)CCCCCNC(=N)NC(=N)NCC12C3C4C5C3C1C5C42. The van der Waals surface area contributed by atoms with Crippen molar-refractivity contribution in [3.8, 4) is 0 Å². The van der Waals surface area contributed by atoms with E-state index in [0.717, 1.165) is 67.7 Å². The normalized spacial score (nSPS) is 45.6. The standard InChI is InChI=1S/C18H27F2N5/c1-17(19,20)5-3-2-4-6-23-15(21)25-16(22)24-7-18-12-9-8-10(12)14(18)11(8)13(9)18/h8-14H,2-7H2,1H3,(H5,21,22,23,24,25). The molecule has 0 saturated heterocycles. The van der Waals surface area contributed by atoms with Crippen LogP contribution in [-0.2, 0) is 0 Å². The summed E-state index contributed by atoms with van der Waals surface area (Å²) in [6.07, 6.45) is 1.89. The molecule has 25 heavy (non-hydrogen) atoms. The highest BCUT2D eigenvalue weighted by Crippen LogP contribution is 3.05. The van der Waals surface area contributed by atoms with E-state index < -0.39 is 5.92 Å². The van der Waals surface area contributed by atoms with Crippen molar-refractivity contribution in [2.45, 2.75) is 38.5 Å². The van der Waals surface area contributed by atoms with E-state index in [0.29, 0.717) is 18.4 Å². The number of nitrogens with one attached hydrogen (secondary N) is 5. The molecule has 6 rings (SSSR count). The monoisotopic (exact) mass is 351 g/mol. The molecule has 0 aromatic carbocycles. The topological polar surface area (TPSA) is 83.8 Å². The van der Waals surface area contributed by atoms with Crippen molar-refractivity contribution >= 4 is 11.9 Å². The van der Waals surface area contributed by atoms with Crippen LogP contribution in [-0.4, -0.2) is 30.9 Å². The van der Waals surface area contributed by atoms with Crippen molar-refractivity contribution in [1.29, 1.82) is 10.8 Å². The second kappa shape index (κ2) is 4.86. The number of alkyl halides is 2. The third-order valence-corrected chi connectivity index (χ3v) is 8.10. The number of unbranched alkanes of at least 4 members (excludes halogenated alkanes) is 2. The van der Waals surface area contributed by atoms with E-state index in [1.165, 1.54) is 0 Å². The maximum Gasteiger partial charge on any atom is 0.245 e. The van der Waals surface area contributed by atoms with Crippen molar-refractivity contribution in [3.63, 3.8) is 0 Å². The number of guanidine groups is 2. The summed E-state index contributed by atoms with van der Waals surface area (Å²) >= 11 is 0. The first-order valence-corrected chi connectivity index (χ1v) is 9.66. The first kappa shape index (κ1) is 15.8. The summed E-state index contributed by atoms with van der Waals surface area (Å²) in [5, 5.41) is 24.6. The van der Waals surface area contributed by atoms with Crippen LogP contribution < -0.4 is 16.0 Å². The van der Waals surface area contributed by atoms with Gasteiger partial charge in [-0.15, -0.1) is 0 Å². The average molecular weight is 351 g/mol. The zero-order valence-electron chi connectivity index (χ0n) is 14.5. The van der Waals surface area contributed by atoms with E-state index in [4.69, 9.17) is 10.8 Å². The Morgan fingerprint density at radius 1 is 0.920 bits per heavy atom. The van der Waals surface area contributed by atoms with Crippen LogP contribution in [0.15, 0.2) is 0 Å². The molecule has 138 valence electrons. The van der Waals surface area contributed by atoms with E-state index in [1.54, 1.807) is 0 Å². The summed E-state index contributed by atoms with van der Waals surface area (Å²) in [7, 11) is 0. The number of halogens is 2. The summed E-state index contributed by atoms with van der Waals surface area (Å²) in [5.74, 6) is 4.88. The Kier molecular flexibility index (Phi) is 3.07. The smallest absolute Gasteiger partial charge is 0.245 e. The summed E-state index contributed by atoms with van der Waals surface area (Å²) in [6.45, 7) is 2.41. The lowest BCUT2D eigenvalue weighted by molar-refractivity contribution is -0.612. The molecule has 0 aromatic heterocycles. The van der Waals surface area contributed by atoms with Gasteiger partial charge in [-0.2, -0.15) is 0 Å². The van der Waals surface area contributed by atoms with Gasteiger partial charge in [-0.1, -0.05) is 6.42 Å². The third kappa shape index (κ3) is 1.82. The summed E-state index contributed by atoms with van der Waals surface area (Å²) in [4.78, 5) is 0.